The van der Waals surface area contributed by atoms with Crippen molar-refractivity contribution in [3.8, 4) is 0 Å². The number of hydrogen-bond donors (Lipinski definition) is 2. The Morgan fingerprint density at radius 3 is 2.65 bits per heavy atom. The molecule has 4 rings (SSSR count). The van der Waals surface area contributed by atoms with E-state index in [4.69, 9.17) is 26.1 Å². The number of methoxy groups -OCH3 is 2. The number of thiazole rings is 1. The van der Waals surface area contributed by atoms with E-state index < -0.39 is 27.9 Å². The number of aromatic nitrogens is 1. The number of esters is 1. The van der Waals surface area contributed by atoms with Crippen LogP contribution in [-0.2, 0) is 24.3 Å². The molecule has 1 aromatic heterocycles. The van der Waals surface area contributed by atoms with Gasteiger partial charge in [-0.15, -0.1) is 11.3 Å². The molecule has 1 aliphatic heterocycles. The van der Waals surface area contributed by atoms with E-state index in [1.165, 1.54) is 43.8 Å². The molecule has 200 valence electrons. The number of aliphatic imine (C=N–C) groups is 1. The first kappa shape index (κ1) is 27.6. The Kier molecular flexibility index (Phi) is 8.96. The molecule has 9 nitrogen and oxygen atoms in total. The van der Waals surface area contributed by atoms with Gasteiger partial charge in [-0.05, 0) is 43.7 Å². The summed E-state index contributed by atoms with van der Waals surface area (Å²) in [5.41, 5.74) is 1.40. The predicted octanol–water partition coefficient (Wildman–Crippen LogP) is 3.58. The zero-order valence-electron chi connectivity index (χ0n) is 20.4. The van der Waals surface area contributed by atoms with Crippen molar-refractivity contribution in [1.82, 2.24) is 15.0 Å². The van der Waals surface area contributed by atoms with Crippen molar-refractivity contribution < 1.29 is 27.1 Å². The SMILES string of the molecule is COCCS(=O)(=O)N[C@H]1CC[C@H](C2=C(C(=O)OC)C(c3ccc(F)cc3Cl)N=C(c3nccs3)N2)CC1. The van der Waals surface area contributed by atoms with Crippen molar-refractivity contribution in [2.75, 3.05) is 26.6 Å². The standard InChI is InChI=1S/C24H28ClFN4O5S2/c1-34-10-12-37(32,33)30-16-6-3-14(4-7-16)20-19(24(31)35-2)21(17-8-5-15(26)13-18(17)25)29-22(28-20)23-27-9-11-36-23/h5,8-9,11,13-14,16,21,30H,3-4,6-7,10,12H2,1-2H3,(H,28,29)/t14-,16-,21?. The fourth-order valence-electron chi connectivity index (χ4n) is 4.62. The largest absolute Gasteiger partial charge is 0.466 e. The van der Waals surface area contributed by atoms with Gasteiger partial charge in [0.15, 0.2) is 10.8 Å². The van der Waals surface area contributed by atoms with E-state index in [0.717, 1.165) is 0 Å². The normalized spacial score (nSPS) is 22.4. The number of hydrogen-bond acceptors (Lipinski definition) is 9. The molecule has 1 aliphatic carbocycles. The van der Waals surface area contributed by atoms with Gasteiger partial charge in [-0.1, -0.05) is 17.7 Å². The minimum absolute atomic E-state index is 0.0963. The smallest absolute Gasteiger partial charge is 0.338 e. The number of amidine groups is 1. The Bertz CT molecular complexity index is 1290. The van der Waals surface area contributed by atoms with E-state index in [1.54, 1.807) is 6.20 Å². The fourth-order valence-corrected chi connectivity index (χ4v) is 6.73. The molecule has 0 bridgehead atoms. The van der Waals surface area contributed by atoms with Crippen LogP contribution in [0.5, 0.6) is 0 Å². The minimum Gasteiger partial charge on any atom is -0.466 e. The Hall–Kier alpha value is -2.38. The van der Waals surface area contributed by atoms with Crippen LogP contribution in [0.15, 0.2) is 46.0 Å². The molecule has 1 fully saturated rings. The summed E-state index contributed by atoms with van der Waals surface area (Å²) in [6.07, 6.45) is 4.07. The number of allylic oxidation sites excluding steroid dienone is 1. The lowest BCUT2D eigenvalue weighted by molar-refractivity contribution is -0.136. The maximum Gasteiger partial charge on any atom is 0.338 e. The van der Waals surface area contributed by atoms with Crippen molar-refractivity contribution in [2.45, 2.75) is 37.8 Å². The molecule has 2 heterocycles. The third-order valence-electron chi connectivity index (χ3n) is 6.41. The zero-order valence-corrected chi connectivity index (χ0v) is 22.8. The van der Waals surface area contributed by atoms with Crippen LogP contribution >= 0.6 is 22.9 Å². The molecule has 0 saturated heterocycles. The van der Waals surface area contributed by atoms with E-state index >= 15 is 0 Å². The molecule has 1 atom stereocenters. The molecule has 0 spiro atoms. The average molecular weight is 571 g/mol. The van der Waals surface area contributed by atoms with Crippen LogP contribution in [0.2, 0.25) is 5.02 Å². The topological polar surface area (TPSA) is 119 Å². The van der Waals surface area contributed by atoms with E-state index in [9.17, 15) is 17.6 Å². The van der Waals surface area contributed by atoms with Crippen molar-refractivity contribution in [3.05, 3.63) is 62.5 Å². The van der Waals surface area contributed by atoms with Crippen LogP contribution in [0.1, 0.15) is 42.3 Å². The summed E-state index contributed by atoms with van der Waals surface area (Å²) in [6, 6.07) is 2.94. The maximum atomic E-state index is 13.8. The van der Waals surface area contributed by atoms with Gasteiger partial charge < -0.3 is 14.8 Å². The summed E-state index contributed by atoms with van der Waals surface area (Å²) in [6.45, 7) is 0.121. The van der Waals surface area contributed by atoms with E-state index in [-0.39, 0.29) is 29.3 Å². The molecule has 1 aromatic carbocycles. The highest BCUT2D eigenvalue weighted by Gasteiger charge is 2.38. The van der Waals surface area contributed by atoms with Crippen LogP contribution in [-0.4, -0.2) is 57.8 Å². The lowest BCUT2D eigenvalue weighted by Crippen LogP contribution is -2.42. The quantitative estimate of drug-likeness (QED) is 0.442. The number of rotatable bonds is 9. The summed E-state index contributed by atoms with van der Waals surface area (Å²) >= 11 is 7.79. The summed E-state index contributed by atoms with van der Waals surface area (Å²) in [5, 5.41) is 5.91. The number of halogens is 2. The third kappa shape index (κ3) is 6.55. The lowest BCUT2D eigenvalue weighted by atomic mass is 9.80. The lowest BCUT2D eigenvalue weighted by Gasteiger charge is -2.35. The summed E-state index contributed by atoms with van der Waals surface area (Å²) in [4.78, 5) is 22.2. The Balaban J connectivity index is 1.67. The molecule has 1 saturated carbocycles. The molecule has 0 amide bonds. The van der Waals surface area contributed by atoms with Crippen LogP contribution in [0, 0.1) is 11.7 Å². The molecular weight excluding hydrogens is 543 g/mol. The first-order valence-corrected chi connectivity index (χ1v) is 14.6. The van der Waals surface area contributed by atoms with Gasteiger partial charge in [0, 0.05) is 41.0 Å². The Morgan fingerprint density at radius 1 is 1.27 bits per heavy atom. The first-order chi connectivity index (χ1) is 17.7. The van der Waals surface area contributed by atoms with Gasteiger partial charge in [0.05, 0.1) is 25.0 Å². The highest BCUT2D eigenvalue weighted by atomic mass is 35.5. The molecule has 2 aliphatic rings. The molecule has 1 unspecified atom stereocenters. The van der Waals surface area contributed by atoms with Crippen LogP contribution in [0.3, 0.4) is 0 Å². The molecule has 2 N–H and O–H groups in total. The summed E-state index contributed by atoms with van der Waals surface area (Å²) in [7, 11) is -0.701. The van der Waals surface area contributed by atoms with Crippen LogP contribution in [0.4, 0.5) is 4.39 Å². The van der Waals surface area contributed by atoms with Gasteiger partial charge in [0.1, 0.15) is 11.9 Å². The second-order valence-electron chi connectivity index (χ2n) is 8.81. The number of nitrogens with zero attached hydrogens (tertiary/aromatic N) is 2. The highest BCUT2D eigenvalue weighted by molar-refractivity contribution is 7.89. The number of carbonyl (C=O) groups is 1. The summed E-state index contributed by atoms with van der Waals surface area (Å²) in [5.74, 6) is -0.790. The second kappa shape index (κ2) is 12.0. The number of sulfonamides is 1. The van der Waals surface area contributed by atoms with Gasteiger partial charge in [-0.2, -0.15) is 0 Å². The van der Waals surface area contributed by atoms with Gasteiger partial charge in [-0.3, -0.25) is 4.99 Å². The van der Waals surface area contributed by atoms with Gasteiger partial charge >= 0.3 is 5.97 Å². The van der Waals surface area contributed by atoms with Gasteiger partial charge in [-0.25, -0.2) is 27.3 Å². The van der Waals surface area contributed by atoms with E-state index in [2.05, 4.69) is 15.0 Å². The molecule has 13 heteroatoms. The van der Waals surface area contributed by atoms with Gasteiger partial charge in [0.2, 0.25) is 10.0 Å². The van der Waals surface area contributed by atoms with E-state index in [0.29, 0.717) is 53.4 Å². The maximum absolute atomic E-state index is 13.8. The van der Waals surface area contributed by atoms with Crippen molar-refractivity contribution in [3.63, 3.8) is 0 Å². The molecule has 0 radical (unpaired) electrons. The summed E-state index contributed by atoms with van der Waals surface area (Å²) < 4.78 is 51.2. The van der Waals surface area contributed by atoms with Crippen LogP contribution < -0.4 is 10.0 Å². The van der Waals surface area contributed by atoms with Crippen LogP contribution in [0.25, 0.3) is 0 Å². The number of carbonyl (C=O) groups excluding carboxylic acids is 1. The Labute approximate surface area is 224 Å². The third-order valence-corrected chi connectivity index (χ3v) is 8.91. The van der Waals surface area contributed by atoms with Crippen molar-refractivity contribution in [1.29, 1.82) is 0 Å². The molecule has 37 heavy (non-hydrogen) atoms. The monoisotopic (exact) mass is 570 g/mol. The number of nitrogens with one attached hydrogen (secondary N) is 2. The first-order valence-electron chi connectivity index (χ1n) is 11.7. The van der Waals surface area contributed by atoms with Crippen molar-refractivity contribution >= 4 is 44.8 Å². The fraction of sp³-hybridized carbons (Fsp3) is 0.458. The molecule has 2 aromatic rings. The predicted molar refractivity (Wildman–Crippen MR) is 140 cm³/mol. The van der Waals surface area contributed by atoms with Gasteiger partial charge in [0.25, 0.3) is 0 Å². The minimum atomic E-state index is -3.45. The zero-order chi connectivity index (χ0) is 26.6. The number of ether oxygens (including phenoxy) is 2. The van der Waals surface area contributed by atoms with E-state index in [1.807, 2.05) is 5.38 Å². The average Bonchev–Trinajstić information content (AvgIpc) is 3.42. The van der Waals surface area contributed by atoms with Crippen molar-refractivity contribution in [2.24, 2.45) is 10.9 Å². The Morgan fingerprint density at radius 2 is 2.03 bits per heavy atom. The highest BCUT2D eigenvalue weighted by Crippen LogP contribution is 2.41. The second-order valence-corrected chi connectivity index (χ2v) is 12.0. The number of benzene rings is 1. The molecular formula is C24H28ClFN4O5S2.